The molecular weight excluding hydrogens is 340 g/mol. The predicted octanol–water partition coefficient (Wildman–Crippen LogP) is 3.53. The maximum atomic E-state index is 5.69. The summed E-state index contributed by atoms with van der Waals surface area (Å²) in [4.78, 5) is 19.3. The fourth-order valence-corrected chi connectivity index (χ4v) is 4.39. The van der Waals surface area contributed by atoms with Gasteiger partial charge in [0, 0.05) is 25.7 Å². The Labute approximate surface area is 158 Å². The van der Waals surface area contributed by atoms with Crippen molar-refractivity contribution >= 4 is 0 Å². The lowest BCUT2D eigenvalue weighted by atomic mass is 9.88. The number of hydrogen-bond donors (Lipinski definition) is 1. The summed E-state index contributed by atoms with van der Waals surface area (Å²) in [5, 5.41) is 4.18. The molecule has 1 saturated carbocycles. The van der Waals surface area contributed by atoms with Crippen molar-refractivity contribution in [2.24, 2.45) is 5.92 Å². The minimum Gasteiger partial charge on any atom is -0.347 e. The Kier molecular flexibility index (Phi) is 4.45. The van der Waals surface area contributed by atoms with Gasteiger partial charge < -0.3 is 9.51 Å². The van der Waals surface area contributed by atoms with Crippen molar-refractivity contribution in [2.45, 2.75) is 51.1 Å². The first-order valence-electron chi connectivity index (χ1n) is 9.87. The summed E-state index contributed by atoms with van der Waals surface area (Å²) >= 11 is 0. The van der Waals surface area contributed by atoms with Gasteiger partial charge in [0.1, 0.15) is 5.69 Å². The molecule has 0 aromatic carbocycles. The maximum absolute atomic E-state index is 5.69. The number of rotatable bonds is 4. The van der Waals surface area contributed by atoms with E-state index in [0.717, 1.165) is 36.8 Å². The van der Waals surface area contributed by atoms with Gasteiger partial charge in [-0.05, 0) is 30.9 Å². The van der Waals surface area contributed by atoms with Crippen LogP contribution in [0.3, 0.4) is 0 Å². The topological polar surface area (TPSA) is 83.7 Å². The number of imidazole rings is 1. The van der Waals surface area contributed by atoms with Gasteiger partial charge in [0.25, 0.3) is 0 Å². The molecule has 0 unspecified atom stereocenters. The number of nitrogens with one attached hydrogen (secondary N) is 1. The molecule has 5 rings (SSSR count). The van der Waals surface area contributed by atoms with Crippen molar-refractivity contribution in [3.63, 3.8) is 0 Å². The maximum Gasteiger partial charge on any atom is 0.244 e. The number of pyridine rings is 1. The molecule has 0 bridgehead atoms. The quantitative estimate of drug-likeness (QED) is 0.762. The van der Waals surface area contributed by atoms with Crippen LogP contribution in [0.1, 0.15) is 55.4 Å². The molecule has 27 heavy (non-hydrogen) atoms. The van der Waals surface area contributed by atoms with Crippen LogP contribution in [0.15, 0.2) is 35.2 Å². The fourth-order valence-electron chi connectivity index (χ4n) is 4.39. The zero-order chi connectivity index (χ0) is 18.1. The summed E-state index contributed by atoms with van der Waals surface area (Å²) in [5.74, 6) is 1.97. The molecule has 0 radical (unpaired) electrons. The Hall–Kier alpha value is -2.54. The number of nitrogens with zero attached hydrogens (tertiary/aromatic N) is 5. The molecule has 7 nitrogen and oxygen atoms in total. The van der Waals surface area contributed by atoms with Crippen molar-refractivity contribution in [3.05, 3.63) is 48.0 Å². The second-order valence-electron chi connectivity index (χ2n) is 7.65. The number of hydrogen-bond acceptors (Lipinski definition) is 6. The fraction of sp³-hybridized carbons (Fsp3) is 0.500. The van der Waals surface area contributed by atoms with Crippen molar-refractivity contribution < 1.29 is 4.52 Å². The first-order chi connectivity index (χ1) is 13.4. The zero-order valence-corrected chi connectivity index (χ0v) is 15.3. The van der Waals surface area contributed by atoms with Crippen LogP contribution in [0.5, 0.6) is 0 Å². The van der Waals surface area contributed by atoms with Crippen molar-refractivity contribution in [1.82, 2.24) is 30.0 Å². The monoisotopic (exact) mass is 364 g/mol. The highest BCUT2D eigenvalue weighted by Crippen LogP contribution is 2.34. The molecule has 1 fully saturated rings. The molecule has 3 aromatic heterocycles. The van der Waals surface area contributed by atoms with Crippen LogP contribution in [0.25, 0.3) is 11.5 Å². The van der Waals surface area contributed by atoms with Gasteiger partial charge in [-0.15, -0.1) is 0 Å². The van der Waals surface area contributed by atoms with Gasteiger partial charge in [0.15, 0.2) is 0 Å². The lowest BCUT2D eigenvalue weighted by molar-refractivity contribution is 0.104. The van der Waals surface area contributed by atoms with Crippen LogP contribution in [0, 0.1) is 5.92 Å². The lowest BCUT2D eigenvalue weighted by Crippen LogP contribution is -2.38. The second kappa shape index (κ2) is 7.23. The Balaban J connectivity index is 1.42. The van der Waals surface area contributed by atoms with Crippen LogP contribution in [-0.4, -0.2) is 36.5 Å². The lowest BCUT2D eigenvalue weighted by Gasteiger charge is -2.36. The number of aromatic nitrogens is 5. The molecule has 0 amide bonds. The molecule has 7 heteroatoms. The first-order valence-corrected chi connectivity index (χ1v) is 9.87. The van der Waals surface area contributed by atoms with E-state index < -0.39 is 0 Å². The van der Waals surface area contributed by atoms with Crippen LogP contribution < -0.4 is 0 Å². The van der Waals surface area contributed by atoms with Crippen LogP contribution in [0.2, 0.25) is 0 Å². The molecule has 1 aliphatic carbocycles. The zero-order valence-electron chi connectivity index (χ0n) is 15.3. The highest BCUT2D eigenvalue weighted by molar-refractivity contribution is 5.47. The van der Waals surface area contributed by atoms with Gasteiger partial charge in [-0.3, -0.25) is 9.88 Å². The van der Waals surface area contributed by atoms with Gasteiger partial charge in [0.2, 0.25) is 11.7 Å². The van der Waals surface area contributed by atoms with E-state index >= 15 is 0 Å². The minimum atomic E-state index is 0.0766. The first kappa shape index (κ1) is 16.6. The summed E-state index contributed by atoms with van der Waals surface area (Å²) < 4.78 is 5.69. The SMILES string of the molecule is c1ccc(-c2noc([C@@H]3Cc4nc[nH]c4CN3CC3CCCCC3)n2)nc1. The molecule has 1 N–H and O–H groups in total. The van der Waals surface area contributed by atoms with Crippen LogP contribution >= 0.6 is 0 Å². The third-order valence-corrected chi connectivity index (χ3v) is 5.83. The van der Waals surface area contributed by atoms with Gasteiger partial charge in [-0.1, -0.05) is 30.5 Å². The van der Waals surface area contributed by atoms with Crippen LogP contribution in [0.4, 0.5) is 0 Å². The third-order valence-electron chi connectivity index (χ3n) is 5.83. The van der Waals surface area contributed by atoms with Gasteiger partial charge >= 0.3 is 0 Å². The van der Waals surface area contributed by atoms with E-state index in [1.54, 1.807) is 12.5 Å². The standard InChI is InChI=1S/C20H24N6O/c1-2-6-14(7-3-1)11-26-12-17-16(22-13-23-17)10-18(26)20-24-19(25-27-20)15-8-4-5-9-21-15/h4-5,8-9,13-14,18H,1-3,6-7,10-12H2,(H,22,23)/t18-/m0/s1. The molecule has 3 aromatic rings. The minimum absolute atomic E-state index is 0.0766. The average molecular weight is 364 g/mol. The van der Waals surface area contributed by atoms with Crippen LogP contribution in [-0.2, 0) is 13.0 Å². The number of H-pyrrole nitrogens is 1. The predicted molar refractivity (Wildman–Crippen MR) is 99.5 cm³/mol. The smallest absolute Gasteiger partial charge is 0.244 e. The van der Waals surface area contributed by atoms with E-state index in [1.807, 2.05) is 18.2 Å². The van der Waals surface area contributed by atoms with Gasteiger partial charge in [-0.2, -0.15) is 4.98 Å². The molecule has 140 valence electrons. The highest BCUT2D eigenvalue weighted by Gasteiger charge is 2.34. The summed E-state index contributed by atoms with van der Waals surface area (Å²) in [5.41, 5.74) is 3.06. The van der Waals surface area contributed by atoms with E-state index in [2.05, 4.69) is 30.0 Å². The normalized spacial score (nSPS) is 21.3. The molecule has 0 spiro atoms. The summed E-state index contributed by atoms with van der Waals surface area (Å²) in [6, 6.07) is 5.80. The molecule has 1 atom stereocenters. The van der Waals surface area contributed by atoms with Crippen molar-refractivity contribution in [3.8, 4) is 11.5 Å². The number of aromatic amines is 1. The number of fused-ring (bicyclic) bond motifs is 1. The van der Waals surface area contributed by atoms with E-state index in [1.165, 1.54) is 37.8 Å². The van der Waals surface area contributed by atoms with Crippen molar-refractivity contribution in [1.29, 1.82) is 0 Å². The average Bonchev–Trinajstić information content (AvgIpc) is 3.38. The Morgan fingerprint density at radius 3 is 2.93 bits per heavy atom. The molecule has 0 saturated heterocycles. The van der Waals surface area contributed by atoms with E-state index in [-0.39, 0.29) is 6.04 Å². The van der Waals surface area contributed by atoms with E-state index in [0.29, 0.717) is 11.7 Å². The summed E-state index contributed by atoms with van der Waals surface area (Å²) in [6.45, 7) is 1.93. The molecule has 4 heterocycles. The Morgan fingerprint density at radius 2 is 2.07 bits per heavy atom. The Bertz CT molecular complexity index is 883. The molecule has 2 aliphatic rings. The molecule has 1 aliphatic heterocycles. The van der Waals surface area contributed by atoms with E-state index in [9.17, 15) is 0 Å². The van der Waals surface area contributed by atoms with E-state index in [4.69, 9.17) is 4.52 Å². The Morgan fingerprint density at radius 1 is 1.15 bits per heavy atom. The highest BCUT2D eigenvalue weighted by atomic mass is 16.5. The second-order valence-corrected chi connectivity index (χ2v) is 7.65. The largest absolute Gasteiger partial charge is 0.347 e. The van der Waals surface area contributed by atoms with Crippen molar-refractivity contribution in [2.75, 3.05) is 6.54 Å². The molecular formula is C20H24N6O. The van der Waals surface area contributed by atoms with Gasteiger partial charge in [-0.25, -0.2) is 4.98 Å². The summed E-state index contributed by atoms with van der Waals surface area (Å²) in [6.07, 6.45) is 11.1. The third kappa shape index (κ3) is 3.39. The van der Waals surface area contributed by atoms with Gasteiger partial charge in [0.05, 0.1) is 23.8 Å². The summed E-state index contributed by atoms with van der Waals surface area (Å²) in [7, 11) is 0.